The van der Waals surface area contributed by atoms with Crippen molar-refractivity contribution in [3.8, 4) is 11.4 Å². The molecule has 6 rings (SSSR count). The zero-order valence-electron chi connectivity index (χ0n) is 20.4. The van der Waals surface area contributed by atoms with Crippen LogP contribution < -0.4 is 10.3 Å². The van der Waals surface area contributed by atoms with Crippen molar-refractivity contribution >= 4 is 55.3 Å². The number of hydrogen-bond acceptors (Lipinski definition) is 8. The highest BCUT2D eigenvalue weighted by Crippen LogP contribution is 2.29. The van der Waals surface area contributed by atoms with Crippen LogP contribution in [0.1, 0.15) is 12.6 Å². The van der Waals surface area contributed by atoms with Crippen molar-refractivity contribution in [3.05, 3.63) is 94.9 Å². The molecule has 0 aliphatic rings. The molecule has 3 aromatic heterocycles. The number of nitrogens with zero attached hydrogens (tertiary/aromatic N) is 4. The number of carbonyl (C=O) groups excluding carboxylic acids is 1. The summed E-state index contributed by atoms with van der Waals surface area (Å²) in [4.78, 5) is 35.2. The molecule has 190 valence electrons. The Hall–Kier alpha value is -4.15. The number of thiazole rings is 1. The summed E-state index contributed by atoms with van der Waals surface area (Å²) >= 11 is 2.72. The van der Waals surface area contributed by atoms with Crippen LogP contribution in [0.15, 0.2) is 88.8 Å². The van der Waals surface area contributed by atoms with Crippen LogP contribution in [0.4, 0.5) is 0 Å². The monoisotopic (exact) mass is 542 g/mol. The smallest absolute Gasteiger partial charge is 0.316 e. The molecule has 0 N–H and O–H groups in total. The maximum Gasteiger partial charge on any atom is 0.316 e. The molecule has 0 aliphatic carbocycles. The van der Waals surface area contributed by atoms with E-state index in [-0.39, 0.29) is 17.9 Å². The number of aromatic nitrogens is 4. The van der Waals surface area contributed by atoms with E-state index in [2.05, 4.69) is 4.98 Å². The molecular formula is C28H22N4O4S2. The molecule has 6 aromatic rings. The first kappa shape index (κ1) is 24.2. The number of imidazole rings is 1. The predicted molar refractivity (Wildman–Crippen MR) is 150 cm³/mol. The van der Waals surface area contributed by atoms with E-state index in [0.29, 0.717) is 22.4 Å². The van der Waals surface area contributed by atoms with Gasteiger partial charge in [0.15, 0.2) is 10.1 Å². The third-order valence-electron chi connectivity index (χ3n) is 5.88. The van der Waals surface area contributed by atoms with Crippen LogP contribution in [-0.4, -0.2) is 37.3 Å². The summed E-state index contributed by atoms with van der Waals surface area (Å²) in [5, 5.41) is 0.676. The lowest BCUT2D eigenvalue weighted by atomic mass is 10.2. The third kappa shape index (κ3) is 4.64. The molecule has 38 heavy (non-hydrogen) atoms. The summed E-state index contributed by atoms with van der Waals surface area (Å²) in [6, 6.07) is 24.7. The molecule has 0 amide bonds. The van der Waals surface area contributed by atoms with Gasteiger partial charge < -0.3 is 9.47 Å². The Morgan fingerprint density at radius 3 is 2.55 bits per heavy atom. The first-order chi connectivity index (χ1) is 18.6. The minimum absolute atomic E-state index is 0.0600. The van der Waals surface area contributed by atoms with Crippen LogP contribution in [0.5, 0.6) is 5.75 Å². The van der Waals surface area contributed by atoms with Crippen LogP contribution >= 0.6 is 23.1 Å². The zero-order valence-corrected chi connectivity index (χ0v) is 22.0. The van der Waals surface area contributed by atoms with Crippen molar-refractivity contribution in [2.75, 3.05) is 12.4 Å². The van der Waals surface area contributed by atoms with Crippen molar-refractivity contribution in [1.82, 2.24) is 18.9 Å². The molecular weight excluding hydrogens is 520 g/mol. The highest BCUT2D eigenvalue weighted by atomic mass is 32.2. The fourth-order valence-electron chi connectivity index (χ4n) is 4.23. The van der Waals surface area contributed by atoms with Crippen LogP contribution in [0.3, 0.4) is 0 Å². The molecule has 0 radical (unpaired) electrons. The van der Waals surface area contributed by atoms with Gasteiger partial charge >= 0.3 is 5.97 Å². The minimum Gasteiger partial charge on any atom is -0.494 e. The average Bonchev–Trinajstić information content (AvgIpc) is 3.50. The van der Waals surface area contributed by atoms with E-state index >= 15 is 0 Å². The maximum absolute atomic E-state index is 12.7. The SMILES string of the molecule is CCOc1ccc(-n2c(SCC(=O)OCc3cc(=O)n4c(n3)sc3ccccc34)nc3ccccc32)cc1. The lowest BCUT2D eigenvalue weighted by molar-refractivity contribution is -0.141. The van der Waals surface area contributed by atoms with Gasteiger partial charge in [-0.1, -0.05) is 47.4 Å². The number of rotatable bonds is 8. The molecule has 0 fully saturated rings. The topological polar surface area (TPSA) is 87.7 Å². The Morgan fingerprint density at radius 2 is 1.74 bits per heavy atom. The largest absolute Gasteiger partial charge is 0.494 e. The number of fused-ring (bicyclic) bond motifs is 4. The summed E-state index contributed by atoms with van der Waals surface area (Å²) in [6.07, 6.45) is 0. The Labute approximate surface area is 225 Å². The molecule has 0 spiro atoms. The van der Waals surface area contributed by atoms with E-state index in [1.165, 1.54) is 29.2 Å². The lowest BCUT2D eigenvalue weighted by Gasteiger charge is -2.10. The number of para-hydroxylation sites is 3. The molecule has 0 atom stereocenters. The van der Waals surface area contributed by atoms with Crippen LogP contribution in [0.2, 0.25) is 0 Å². The van der Waals surface area contributed by atoms with E-state index in [9.17, 15) is 9.59 Å². The van der Waals surface area contributed by atoms with E-state index in [1.807, 2.05) is 84.3 Å². The van der Waals surface area contributed by atoms with Gasteiger partial charge in [-0.05, 0) is 55.5 Å². The Kier molecular flexibility index (Phi) is 6.57. The molecule has 0 bridgehead atoms. The first-order valence-electron chi connectivity index (χ1n) is 12.0. The van der Waals surface area contributed by atoms with Gasteiger partial charge in [-0.25, -0.2) is 9.97 Å². The van der Waals surface area contributed by atoms with Gasteiger partial charge in [-0.2, -0.15) is 0 Å². The van der Waals surface area contributed by atoms with Gasteiger partial charge in [0.2, 0.25) is 0 Å². The van der Waals surface area contributed by atoms with Gasteiger partial charge in [0, 0.05) is 11.8 Å². The second-order valence-corrected chi connectivity index (χ2v) is 10.3. The van der Waals surface area contributed by atoms with Crippen molar-refractivity contribution < 1.29 is 14.3 Å². The average molecular weight is 543 g/mol. The second kappa shape index (κ2) is 10.3. The number of carbonyl (C=O) groups is 1. The number of ether oxygens (including phenoxy) is 2. The van der Waals surface area contributed by atoms with E-state index in [0.717, 1.165) is 32.7 Å². The second-order valence-electron chi connectivity index (χ2n) is 8.37. The number of hydrogen-bond donors (Lipinski definition) is 0. The van der Waals surface area contributed by atoms with Gasteiger partial charge in [-0.3, -0.25) is 18.6 Å². The van der Waals surface area contributed by atoms with Crippen molar-refractivity contribution in [1.29, 1.82) is 0 Å². The summed E-state index contributed by atoms with van der Waals surface area (Å²) < 4.78 is 15.6. The van der Waals surface area contributed by atoms with Crippen LogP contribution in [0.25, 0.3) is 31.9 Å². The lowest BCUT2D eigenvalue weighted by Crippen LogP contribution is -2.15. The molecule has 3 heterocycles. The molecule has 0 aliphatic heterocycles. The minimum atomic E-state index is -0.418. The molecule has 3 aromatic carbocycles. The summed E-state index contributed by atoms with van der Waals surface area (Å²) in [6.45, 7) is 2.47. The quantitative estimate of drug-likeness (QED) is 0.186. The predicted octanol–water partition coefficient (Wildman–Crippen LogP) is 5.48. The molecule has 8 nitrogen and oxygen atoms in total. The van der Waals surface area contributed by atoms with Crippen molar-refractivity contribution in [2.45, 2.75) is 18.7 Å². The molecule has 10 heteroatoms. The summed E-state index contributed by atoms with van der Waals surface area (Å²) in [7, 11) is 0. The zero-order chi connectivity index (χ0) is 26.1. The number of esters is 1. The van der Waals surface area contributed by atoms with E-state index in [4.69, 9.17) is 14.5 Å². The van der Waals surface area contributed by atoms with Crippen LogP contribution in [0, 0.1) is 0 Å². The highest BCUT2D eigenvalue weighted by molar-refractivity contribution is 7.99. The van der Waals surface area contributed by atoms with Gasteiger partial charge in [0.25, 0.3) is 5.56 Å². The first-order valence-corrected chi connectivity index (χ1v) is 13.8. The van der Waals surface area contributed by atoms with Crippen LogP contribution in [-0.2, 0) is 16.1 Å². The normalized spacial score (nSPS) is 11.4. The van der Waals surface area contributed by atoms with E-state index in [1.54, 1.807) is 4.40 Å². The summed E-state index contributed by atoms with van der Waals surface area (Å²) in [5.74, 6) is 0.434. The van der Waals surface area contributed by atoms with Gasteiger partial charge in [-0.15, -0.1) is 0 Å². The number of thioether (sulfide) groups is 1. The summed E-state index contributed by atoms with van der Waals surface area (Å²) in [5.41, 5.74) is 3.73. The Morgan fingerprint density at radius 1 is 0.974 bits per heavy atom. The molecule has 0 saturated heterocycles. The third-order valence-corrected chi connectivity index (χ3v) is 7.82. The van der Waals surface area contributed by atoms with Gasteiger partial charge in [0.05, 0.1) is 39.3 Å². The maximum atomic E-state index is 12.7. The standard InChI is InChI=1S/C28H22N4O4S2/c1-2-35-20-13-11-19(12-14-20)31-22-8-4-3-7-21(22)30-27(31)37-17-26(34)36-16-18-15-25(33)32-23-9-5-6-10-24(23)38-28(32)29-18/h3-15H,2,16-17H2,1H3. The Balaban J connectivity index is 1.18. The Bertz CT molecular complexity index is 1840. The van der Waals surface area contributed by atoms with E-state index < -0.39 is 5.97 Å². The number of benzene rings is 3. The molecule has 0 unspecified atom stereocenters. The fraction of sp³-hybridized carbons (Fsp3) is 0.143. The molecule has 0 saturated carbocycles. The highest BCUT2D eigenvalue weighted by Gasteiger charge is 2.16. The van der Waals surface area contributed by atoms with Crippen molar-refractivity contribution in [2.24, 2.45) is 0 Å². The van der Waals surface area contributed by atoms with Crippen molar-refractivity contribution in [3.63, 3.8) is 0 Å². The van der Waals surface area contributed by atoms with Gasteiger partial charge in [0.1, 0.15) is 12.4 Å². The fourth-order valence-corrected chi connectivity index (χ4v) is 6.10.